The Kier molecular flexibility index (Phi) is 4.40. The van der Waals surface area contributed by atoms with Gasteiger partial charge in [-0.2, -0.15) is 0 Å². The number of anilines is 1. The summed E-state index contributed by atoms with van der Waals surface area (Å²) in [4.78, 5) is 11.5. The molecule has 2 heterocycles. The highest BCUT2D eigenvalue weighted by molar-refractivity contribution is 5.40. The normalized spacial score (nSPS) is 20.6. The summed E-state index contributed by atoms with van der Waals surface area (Å²) in [5.74, 6) is 1.90. The molecule has 1 aliphatic rings. The minimum absolute atomic E-state index is 0.0295. The zero-order valence-electron chi connectivity index (χ0n) is 12.3. The number of nitrogens with zero attached hydrogens (tertiary/aromatic N) is 3. The maximum absolute atomic E-state index is 9.21. The first-order valence-electron chi connectivity index (χ1n) is 7.23. The largest absolute Gasteiger partial charge is 0.396 e. The molecular formula is C15H25N3O. The summed E-state index contributed by atoms with van der Waals surface area (Å²) >= 11 is 0. The quantitative estimate of drug-likeness (QED) is 0.910. The number of hydrogen-bond donors (Lipinski definition) is 1. The van der Waals surface area contributed by atoms with Gasteiger partial charge in [-0.05, 0) is 31.7 Å². The highest BCUT2D eigenvalue weighted by Gasteiger charge is 2.25. The third-order valence-electron chi connectivity index (χ3n) is 3.70. The Hall–Kier alpha value is -1.16. The van der Waals surface area contributed by atoms with Crippen molar-refractivity contribution in [3.05, 3.63) is 18.1 Å². The third-order valence-corrected chi connectivity index (χ3v) is 3.70. The number of rotatable bonds is 3. The summed E-state index contributed by atoms with van der Waals surface area (Å²) in [5.41, 5.74) is -0.0295. The van der Waals surface area contributed by atoms with E-state index in [2.05, 4.69) is 30.7 Å². The maximum Gasteiger partial charge on any atom is 0.135 e. The maximum atomic E-state index is 9.21. The van der Waals surface area contributed by atoms with E-state index >= 15 is 0 Å². The van der Waals surface area contributed by atoms with Crippen LogP contribution >= 0.6 is 0 Å². The van der Waals surface area contributed by atoms with Gasteiger partial charge in [-0.15, -0.1) is 0 Å². The van der Waals surface area contributed by atoms with Crippen LogP contribution in [-0.4, -0.2) is 34.3 Å². The summed E-state index contributed by atoms with van der Waals surface area (Å²) in [6, 6.07) is 2.41. The highest BCUT2D eigenvalue weighted by Crippen LogP contribution is 2.26. The molecule has 1 N–H and O–H groups in total. The van der Waals surface area contributed by atoms with Crippen LogP contribution in [0.15, 0.2) is 12.3 Å². The van der Waals surface area contributed by atoms with E-state index in [0.717, 1.165) is 31.0 Å². The second-order valence-corrected chi connectivity index (χ2v) is 6.34. The Labute approximate surface area is 115 Å². The van der Waals surface area contributed by atoms with Crippen LogP contribution in [0.25, 0.3) is 0 Å². The van der Waals surface area contributed by atoms with Gasteiger partial charge in [-0.1, -0.05) is 20.8 Å². The van der Waals surface area contributed by atoms with Gasteiger partial charge in [0.2, 0.25) is 0 Å². The lowest BCUT2D eigenvalue weighted by Gasteiger charge is -2.37. The Morgan fingerprint density at radius 1 is 1.37 bits per heavy atom. The zero-order valence-corrected chi connectivity index (χ0v) is 12.3. The minimum atomic E-state index is -0.0295. The molecule has 1 aromatic heterocycles. The second-order valence-electron chi connectivity index (χ2n) is 6.34. The number of hydrogen-bond acceptors (Lipinski definition) is 4. The fourth-order valence-electron chi connectivity index (χ4n) is 2.62. The van der Waals surface area contributed by atoms with Gasteiger partial charge in [0, 0.05) is 30.8 Å². The van der Waals surface area contributed by atoms with Crippen LogP contribution in [0.3, 0.4) is 0 Å². The SMILES string of the molecule is CC(C)(C)c1nccc(N2CCCCC2CCO)n1. The highest BCUT2D eigenvalue weighted by atomic mass is 16.3. The molecule has 0 saturated carbocycles. The topological polar surface area (TPSA) is 49.2 Å². The molecule has 1 saturated heterocycles. The number of aliphatic hydroxyl groups is 1. The van der Waals surface area contributed by atoms with E-state index in [1.54, 1.807) is 0 Å². The summed E-state index contributed by atoms with van der Waals surface area (Å²) in [5, 5.41) is 9.21. The Bertz CT molecular complexity index is 412. The second kappa shape index (κ2) is 5.87. The Morgan fingerprint density at radius 3 is 2.84 bits per heavy atom. The van der Waals surface area contributed by atoms with Crippen molar-refractivity contribution in [2.75, 3.05) is 18.1 Å². The van der Waals surface area contributed by atoms with Crippen molar-refractivity contribution in [3.8, 4) is 0 Å². The lowest BCUT2D eigenvalue weighted by Crippen LogP contribution is -2.41. The van der Waals surface area contributed by atoms with Gasteiger partial charge in [0.25, 0.3) is 0 Å². The number of piperidine rings is 1. The van der Waals surface area contributed by atoms with Gasteiger partial charge in [0.1, 0.15) is 11.6 Å². The van der Waals surface area contributed by atoms with Crippen LogP contribution in [0.5, 0.6) is 0 Å². The standard InChI is InChI=1S/C15H25N3O/c1-15(2,3)14-16-9-7-13(17-14)18-10-5-4-6-12(18)8-11-19/h7,9,12,19H,4-6,8,10-11H2,1-3H3. The van der Waals surface area contributed by atoms with Crippen molar-refractivity contribution in [2.45, 2.75) is 57.9 Å². The summed E-state index contributed by atoms with van der Waals surface area (Å²) < 4.78 is 0. The van der Waals surface area contributed by atoms with Crippen molar-refractivity contribution in [1.82, 2.24) is 9.97 Å². The first-order valence-corrected chi connectivity index (χ1v) is 7.23. The molecule has 0 bridgehead atoms. The van der Waals surface area contributed by atoms with Crippen LogP contribution < -0.4 is 4.90 Å². The molecule has 106 valence electrons. The molecule has 0 aromatic carbocycles. The van der Waals surface area contributed by atoms with E-state index in [-0.39, 0.29) is 12.0 Å². The van der Waals surface area contributed by atoms with Crippen molar-refractivity contribution in [3.63, 3.8) is 0 Å². The van der Waals surface area contributed by atoms with E-state index in [0.29, 0.717) is 6.04 Å². The van der Waals surface area contributed by atoms with Gasteiger partial charge < -0.3 is 10.0 Å². The predicted octanol–water partition coefficient (Wildman–Crippen LogP) is 2.52. The van der Waals surface area contributed by atoms with Crippen LogP contribution in [-0.2, 0) is 5.41 Å². The van der Waals surface area contributed by atoms with Crippen molar-refractivity contribution in [1.29, 1.82) is 0 Å². The molecule has 0 spiro atoms. The van der Waals surface area contributed by atoms with Crippen molar-refractivity contribution < 1.29 is 5.11 Å². The summed E-state index contributed by atoms with van der Waals surface area (Å²) in [6.45, 7) is 7.68. The van der Waals surface area contributed by atoms with Crippen LogP contribution in [0, 0.1) is 0 Å². The molecule has 1 unspecified atom stereocenters. The van der Waals surface area contributed by atoms with E-state index in [9.17, 15) is 5.11 Å². The molecular weight excluding hydrogens is 238 g/mol. The number of aromatic nitrogens is 2. The van der Waals surface area contributed by atoms with Gasteiger partial charge in [0.15, 0.2) is 0 Å². The molecule has 4 nitrogen and oxygen atoms in total. The molecule has 1 aromatic rings. The van der Waals surface area contributed by atoms with Gasteiger partial charge >= 0.3 is 0 Å². The van der Waals surface area contributed by atoms with Gasteiger partial charge in [-0.25, -0.2) is 9.97 Å². The lowest BCUT2D eigenvalue weighted by molar-refractivity contribution is 0.262. The van der Waals surface area contributed by atoms with Crippen molar-refractivity contribution in [2.24, 2.45) is 0 Å². The van der Waals surface area contributed by atoms with E-state index < -0.39 is 0 Å². The van der Waals surface area contributed by atoms with E-state index in [1.807, 2.05) is 12.3 Å². The average molecular weight is 263 g/mol. The lowest BCUT2D eigenvalue weighted by atomic mass is 9.95. The summed E-state index contributed by atoms with van der Waals surface area (Å²) in [7, 11) is 0. The van der Waals surface area contributed by atoms with Gasteiger partial charge in [0.05, 0.1) is 0 Å². The molecule has 2 rings (SSSR count). The number of aliphatic hydroxyl groups excluding tert-OH is 1. The van der Waals surface area contributed by atoms with Crippen LogP contribution in [0.2, 0.25) is 0 Å². The van der Waals surface area contributed by atoms with Crippen molar-refractivity contribution >= 4 is 5.82 Å². The smallest absolute Gasteiger partial charge is 0.135 e. The Morgan fingerprint density at radius 2 is 2.16 bits per heavy atom. The third kappa shape index (κ3) is 3.44. The first-order chi connectivity index (χ1) is 9.02. The van der Waals surface area contributed by atoms with Gasteiger partial charge in [-0.3, -0.25) is 0 Å². The Balaban J connectivity index is 2.24. The minimum Gasteiger partial charge on any atom is -0.396 e. The van der Waals surface area contributed by atoms with Crippen LogP contribution in [0.4, 0.5) is 5.82 Å². The first kappa shape index (κ1) is 14.3. The fraction of sp³-hybridized carbons (Fsp3) is 0.733. The monoisotopic (exact) mass is 263 g/mol. The van der Waals surface area contributed by atoms with E-state index in [4.69, 9.17) is 4.98 Å². The predicted molar refractivity (Wildman–Crippen MR) is 77.4 cm³/mol. The molecule has 19 heavy (non-hydrogen) atoms. The molecule has 1 fully saturated rings. The zero-order chi connectivity index (χ0) is 13.9. The molecule has 4 heteroatoms. The molecule has 1 aliphatic heterocycles. The molecule has 0 amide bonds. The fourth-order valence-corrected chi connectivity index (χ4v) is 2.62. The molecule has 0 radical (unpaired) electrons. The average Bonchev–Trinajstić information content (AvgIpc) is 2.39. The van der Waals surface area contributed by atoms with Crippen LogP contribution in [0.1, 0.15) is 52.3 Å². The van der Waals surface area contributed by atoms with E-state index in [1.165, 1.54) is 12.8 Å². The molecule has 1 atom stereocenters. The summed E-state index contributed by atoms with van der Waals surface area (Å²) in [6.07, 6.45) is 6.28. The molecule has 0 aliphatic carbocycles.